The van der Waals surface area contributed by atoms with Crippen molar-refractivity contribution in [3.63, 3.8) is 0 Å². The molecular formula is C16H24N2O3. The number of ether oxygens (including phenoxy) is 1. The van der Waals surface area contributed by atoms with Crippen molar-refractivity contribution in [2.24, 2.45) is 0 Å². The number of terminal acetylenes is 2. The van der Waals surface area contributed by atoms with Crippen LogP contribution in [0.3, 0.4) is 0 Å². The van der Waals surface area contributed by atoms with Gasteiger partial charge in [-0.15, -0.1) is 12.8 Å². The van der Waals surface area contributed by atoms with Crippen molar-refractivity contribution in [1.82, 2.24) is 9.80 Å². The maximum Gasteiger partial charge on any atom is 0.298 e. The lowest BCUT2D eigenvalue weighted by atomic mass is 10.4. The maximum absolute atomic E-state index is 11.4. The van der Waals surface area contributed by atoms with Crippen LogP contribution in [0.4, 0.5) is 0 Å². The Morgan fingerprint density at radius 1 is 0.857 bits per heavy atom. The lowest BCUT2D eigenvalue weighted by Gasteiger charge is -2.21. The van der Waals surface area contributed by atoms with Crippen molar-refractivity contribution >= 4 is 11.8 Å². The second-order valence-corrected chi connectivity index (χ2v) is 4.49. The molecule has 0 N–H and O–H groups in total. The standard InChI is InChI=1S/C16H24N2O3/c1-5-9-17(15(19)7-3)11-13-21-14-12-18(10-6-2)16(20)8-4/h3-4H,5-6,9-14H2,1-2H3. The van der Waals surface area contributed by atoms with Crippen LogP contribution in [0, 0.1) is 24.7 Å². The number of carbonyl (C=O) groups excluding carboxylic acids is 2. The molecule has 0 aliphatic carbocycles. The normalized spacial score (nSPS) is 9.52. The molecule has 5 nitrogen and oxygen atoms in total. The van der Waals surface area contributed by atoms with Gasteiger partial charge in [0.2, 0.25) is 0 Å². The summed E-state index contributed by atoms with van der Waals surface area (Å²) in [6.07, 6.45) is 11.9. The Kier molecular flexibility index (Phi) is 10.7. The van der Waals surface area contributed by atoms with E-state index < -0.39 is 0 Å². The van der Waals surface area contributed by atoms with E-state index in [-0.39, 0.29) is 11.8 Å². The molecule has 0 saturated heterocycles. The van der Waals surface area contributed by atoms with Crippen molar-refractivity contribution in [3.8, 4) is 24.7 Å². The molecule has 0 fully saturated rings. The van der Waals surface area contributed by atoms with Gasteiger partial charge in [0.1, 0.15) is 0 Å². The molecular weight excluding hydrogens is 268 g/mol. The van der Waals surface area contributed by atoms with Crippen LogP contribution in [-0.4, -0.2) is 61.0 Å². The van der Waals surface area contributed by atoms with Crippen molar-refractivity contribution in [2.75, 3.05) is 39.4 Å². The van der Waals surface area contributed by atoms with Crippen molar-refractivity contribution in [1.29, 1.82) is 0 Å². The third-order valence-electron chi connectivity index (χ3n) is 2.82. The van der Waals surface area contributed by atoms with E-state index in [1.165, 1.54) is 0 Å². The van der Waals surface area contributed by atoms with Gasteiger partial charge in [-0.25, -0.2) is 0 Å². The van der Waals surface area contributed by atoms with Crippen LogP contribution in [0.1, 0.15) is 26.7 Å². The summed E-state index contributed by atoms with van der Waals surface area (Å²) in [5.41, 5.74) is 0. The van der Waals surface area contributed by atoms with Gasteiger partial charge >= 0.3 is 0 Å². The second-order valence-electron chi connectivity index (χ2n) is 4.49. The highest BCUT2D eigenvalue weighted by molar-refractivity contribution is 5.93. The number of nitrogens with zero attached hydrogens (tertiary/aromatic N) is 2. The van der Waals surface area contributed by atoms with Gasteiger partial charge in [-0.05, 0) is 24.7 Å². The quantitative estimate of drug-likeness (QED) is 0.441. The summed E-state index contributed by atoms with van der Waals surface area (Å²) in [4.78, 5) is 26.1. The first-order chi connectivity index (χ1) is 10.1. The molecule has 21 heavy (non-hydrogen) atoms. The zero-order valence-electron chi connectivity index (χ0n) is 12.9. The molecule has 5 heteroatoms. The van der Waals surface area contributed by atoms with Gasteiger partial charge in [0, 0.05) is 26.2 Å². The van der Waals surface area contributed by atoms with Crippen LogP contribution in [0.25, 0.3) is 0 Å². The van der Waals surface area contributed by atoms with Crippen LogP contribution in [0.2, 0.25) is 0 Å². The Balaban J connectivity index is 4.02. The molecule has 0 aliphatic heterocycles. The van der Waals surface area contributed by atoms with Gasteiger partial charge in [0.15, 0.2) is 0 Å². The largest absolute Gasteiger partial charge is 0.378 e. The number of rotatable bonds is 10. The minimum Gasteiger partial charge on any atom is -0.378 e. The molecule has 0 spiro atoms. The SMILES string of the molecule is C#CC(=O)N(CCC)CCOCCN(CCC)C(=O)C#C. The summed E-state index contributed by atoms with van der Waals surface area (Å²) in [5, 5.41) is 0. The Morgan fingerprint density at radius 2 is 1.24 bits per heavy atom. The fraction of sp³-hybridized carbons (Fsp3) is 0.625. The van der Waals surface area contributed by atoms with Crippen LogP contribution < -0.4 is 0 Å². The van der Waals surface area contributed by atoms with E-state index in [1.54, 1.807) is 9.80 Å². The fourth-order valence-corrected chi connectivity index (χ4v) is 1.80. The highest BCUT2D eigenvalue weighted by Crippen LogP contribution is 1.95. The molecule has 0 unspecified atom stereocenters. The third kappa shape index (κ3) is 8.02. The Labute approximate surface area is 127 Å². The lowest BCUT2D eigenvalue weighted by Crippen LogP contribution is -2.36. The highest BCUT2D eigenvalue weighted by atomic mass is 16.5. The van der Waals surface area contributed by atoms with Crippen LogP contribution >= 0.6 is 0 Å². The molecule has 2 amide bonds. The smallest absolute Gasteiger partial charge is 0.298 e. The first-order valence-electron chi connectivity index (χ1n) is 7.19. The summed E-state index contributed by atoms with van der Waals surface area (Å²) in [7, 11) is 0. The molecule has 0 aromatic carbocycles. The second kappa shape index (κ2) is 11.8. The summed E-state index contributed by atoms with van der Waals surface area (Å²) >= 11 is 0. The molecule has 0 aromatic heterocycles. The Hall–Kier alpha value is -1.98. The van der Waals surface area contributed by atoms with Gasteiger partial charge in [0.05, 0.1) is 13.2 Å². The van der Waals surface area contributed by atoms with E-state index in [4.69, 9.17) is 17.6 Å². The van der Waals surface area contributed by atoms with E-state index in [1.807, 2.05) is 13.8 Å². The summed E-state index contributed by atoms with van der Waals surface area (Å²) < 4.78 is 5.45. The average molecular weight is 292 g/mol. The van der Waals surface area contributed by atoms with Gasteiger partial charge in [-0.2, -0.15) is 0 Å². The van der Waals surface area contributed by atoms with E-state index in [0.29, 0.717) is 39.4 Å². The molecule has 0 heterocycles. The topological polar surface area (TPSA) is 49.9 Å². The summed E-state index contributed by atoms with van der Waals surface area (Å²) in [5.74, 6) is 3.56. The molecule has 0 atom stereocenters. The van der Waals surface area contributed by atoms with E-state index >= 15 is 0 Å². The molecule has 0 aromatic rings. The molecule has 0 radical (unpaired) electrons. The molecule has 0 bridgehead atoms. The van der Waals surface area contributed by atoms with Crippen molar-refractivity contribution in [2.45, 2.75) is 26.7 Å². The lowest BCUT2D eigenvalue weighted by molar-refractivity contribution is -0.126. The van der Waals surface area contributed by atoms with Gasteiger partial charge in [-0.3, -0.25) is 9.59 Å². The number of hydrogen-bond donors (Lipinski definition) is 0. The molecule has 0 rings (SSSR count). The van der Waals surface area contributed by atoms with Gasteiger partial charge in [-0.1, -0.05) is 13.8 Å². The molecule has 0 aliphatic rings. The van der Waals surface area contributed by atoms with E-state index in [0.717, 1.165) is 12.8 Å². The van der Waals surface area contributed by atoms with Crippen molar-refractivity contribution < 1.29 is 14.3 Å². The van der Waals surface area contributed by atoms with Crippen LogP contribution in [0.5, 0.6) is 0 Å². The zero-order valence-corrected chi connectivity index (χ0v) is 12.9. The first-order valence-corrected chi connectivity index (χ1v) is 7.19. The average Bonchev–Trinajstić information content (AvgIpc) is 2.50. The zero-order chi connectivity index (χ0) is 16.1. The van der Waals surface area contributed by atoms with E-state index in [2.05, 4.69) is 11.8 Å². The summed E-state index contributed by atoms with van der Waals surface area (Å²) in [6, 6.07) is 0. The third-order valence-corrected chi connectivity index (χ3v) is 2.82. The highest BCUT2D eigenvalue weighted by Gasteiger charge is 2.11. The predicted molar refractivity (Wildman–Crippen MR) is 82.2 cm³/mol. The fourth-order valence-electron chi connectivity index (χ4n) is 1.80. The first kappa shape index (κ1) is 19.0. The van der Waals surface area contributed by atoms with E-state index in [9.17, 15) is 9.59 Å². The predicted octanol–water partition coefficient (Wildman–Crippen LogP) is 0.747. The number of amides is 2. The monoisotopic (exact) mass is 292 g/mol. The van der Waals surface area contributed by atoms with Gasteiger partial charge < -0.3 is 14.5 Å². The van der Waals surface area contributed by atoms with Crippen molar-refractivity contribution in [3.05, 3.63) is 0 Å². The summed E-state index contributed by atoms with van der Waals surface area (Å²) in [6.45, 7) is 6.86. The minimum atomic E-state index is -0.324. The van der Waals surface area contributed by atoms with Crippen LogP contribution in [-0.2, 0) is 14.3 Å². The number of hydrogen-bond acceptors (Lipinski definition) is 3. The minimum absolute atomic E-state index is 0.324. The maximum atomic E-state index is 11.4. The molecule has 116 valence electrons. The molecule has 0 saturated carbocycles. The Morgan fingerprint density at radius 3 is 1.52 bits per heavy atom. The number of carbonyl (C=O) groups is 2. The Bertz CT molecular complexity index is 369. The van der Waals surface area contributed by atoms with Gasteiger partial charge in [0.25, 0.3) is 11.8 Å². The van der Waals surface area contributed by atoms with Crippen LogP contribution in [0.15, 0.2) is 0 Å².